The van der Waals surface area contributed by atoms with Crippen molar-refractivity contribution in [2.45, 2.75) is 59.2 Å². The number of hydrogen-bond acceptors (Lipinski definition) is 0. The van der Waals surface area contributed by atoms with Crippen LogP contribution < -0.4 is 5.46 Å². The van der Waals surface area contributed by atoms with E-state index in [0.717, 1.165) is 5.46 Å². The number of benzene rings is 2. The van der Waals surface area contributed by atoms with Gasteiger partial charge in [0.2, 0.25) is 0 Å². The Morgan fingerprint density at radius 2 is 1.04 bits per heavy atom. The average molecular weight is 304 g/mol. The molecule has 0 N–H and O–H groups in total. The lowest BCUT2D eigenvalue weighted by Crippen LogP contribution is -2.14. The smallest absolute Gasteiger partial charge is 0.0999 e. The SMILES string of the molecule is CC(C)(C)c1ccccc1.[B]C.[B]c1cccc(C(C)(C)C)c1. The van der Waals surface area contributed by atoms with E-state index in [4.69, 9.17) is 7.85 Å². The molecular formula is C21H30B2. The summed E-state index contributed by atoms with van der Waals surface area (Å²) in [5.41, 5.74) is 4.03. The molecule has 0 aliphatic rings. The van der Waals surface area contributed by atoms with Crippen molar-refractivity contribution in [3.05, 3.63) is 65.7 Å². The van der Waals surface area contributed by atoms with Crippen LogP contribution in [0.3, 0.4) is 0 Å². The maximum atomic E-state index is 5.66. The lowest BCUT2D eigenvalue weighted by atomic mass is 9.83. The molecule has 0 bridgehead atoms. The second kappa shape index (κ2) is 9.65. The summed E-state index contributed by atoms with van der Waals surface area (Å²) in [5.74, 6) is 0. The molecule has 0 aliphatic carbocycles. The van der Waals surface area contributed by atoms with E-state index in [1.165, 1.54) is 17.9 Å². The number of hydrogen-bond donors (Lipinski definition) is 0. The second-order valence-corrected chi connectivity index (χ2v) is 7.49. The Balaban J connectivity index is 0.000000381. The van der Waals surface area contributed by atoms with E-state index in [9.17, 15) is 0 Å². The zero-order valence-electron chi connectivity index (χ0n) is 15.9. The van der Waals surface area contributed by atoms with E-state index in [1.54, 1.807) is 0 Å². The molecule has 0 atom stereocenters. The van der Waals surface area contributed by atoms with Gasteiger partial charge in [0.1, 0.15) is 7.85 Å². The predicted molar refractivity (Wildman–Crippen MR) is 107 cm³/mol. The van der Waals surface area contributed by atoms with Gasteiger partial charge in [-0.15, -0.1) is 0 Å². The minimum Gasteiger partial charge on any atom is -0.0999 e. The van der Waals surface area contributed by atoms with Gasteiger partial charge in [0.15, 0.2) is 0 Å². The highest BCUT2D eigenvalue weighted by Crippen LogP contribution is 2.21. The monoisotopic (exact) mass is 304 g/mol. The van der Waals surface area contributed by atoms with E-state index in [1.807, 2.05) is 18.2 Å². The summed E-state index contributed by atoms with van der Waals surface area (Å²) in [4.78, 5) is 0. The first kappa shape index (κ1) is 21.6. The highest BCUT2D eigenvalue weighted by Gasteiger charge is 2.12. The Kier molecular flexibility index (Phi) is 9.05. The van der Waals surface area contributed by atoms with E-state index >= 15 is 0 Å². The fourth-order valence-electron chi connectivity index (χ4n) is 1.94. The maximum Gasteiger partial charge on any atom is 0.113 e. The van der Waals surface area contributed by atoms with Gasteiger partial charge in [0.05, 0.1) is 7.85 Å². The molecule has 0 saturated carbocycles. The van der Waals surface area contributed by atoms with Crippen molar-refractivity contribution in [3.63, 3.8) is 0 Å². The van der Waals surface area contributed by atoms with E-state index < -0.39 is 0 Å². The van der Waals surface area contributed by atoms with Crippen LogP contribution in [0.1, 0.15) is 52.7 Å². The molecule has 0 amide bonds. The van der Waals surface area contributed by atoms with Crippen LogP contribution in [0.5, 0.6) is 0 Å². The molecule has 2 rings (SSSR count). The lowest BCUT2D eigenvalue weighted by Gasteiger charge is -2.19. The minimum absolute atomic E-state index is 0.204. The number of rotatable bonds is 0. The van der Waals surface area contributed by atoms with Gasteiger partial charge in [-0.25, -0.2) is 0 Å². The Morgan fingerprint density at radius 3 is 1.35 bits per heavy atom. The molecule has 0 aliphatic heterocycles. The standard InChI is InChI=1S/C10H13B.C10H14.CH3B/c1-10(2,3)8-5-4-6-9(11)7-8;1-10(2,3)9-7-5-4-6-8-9;1-2/h4-7H,1-3H3;4-8H,1-3H3;1H3. The fraction of sp³-hybridized carbons (Fsp3) is 0.429. The highest BCUT2D eigenvalue weighted by molar-refractivity contribution is 6.32. The van der Waals surface area contributed by atoms with Gasteiger partial charge in [-0.3, -0.25) is 0 Å². The van der Waals surface area contributed by atoms with Crippen LogP contribution in [0.4, 0.5) is 0 Å². The van der Waals surface area contributed by atoms with Crippen LogP contribution in [0, 0.1) is 0 Å². The third-order valence-electron chi connectivity index (χ3n) is 3.39. The van der Waals surface area contributed by atoms with Crippen LogP contribution in [-0.2, 0) is 10.8 Å². The molecule has 0 nitrogen and oxygen atoms in total. The van der Waals surface area contributed by atoms with Crippen molar-refractivity contribution in [1.82, 2.24) is 0 Å². The van der Waals surface area contributed by atoms with Gasteiger partial charge in [-0.2, -0.15) is 0 Å². The van der Waals surface area contributed by atoms with Gasteiger partial charge >= 0.3 is 0 Å². The summed E-state index contributed by atoms with van der Waals surface area (Å²) in [6.45, 7) is 14.7. The van der Waals surface area contributed by atoms with Gasteiger partial charge < -0.3 is 0 Å². The Labute approximate surface area is 146 Å². The maximum absolute atomic E-state index is 5.66. The Morgan fingerprint density at radius 1 is 0.609 bits per heavy atom. The molecule has 2 heteroatoms. The van der Waals surface area contributed by atoms with Crippen LogP contribution in [0.15, 0.2) is 54.6 Å². The third-order valence-corrected chi connectivity index (χ3v) is 3.39. The van der Waals surface area contributed by atoms with Crippen LogP contribution in [0.25, 0.3) is 0 Å². The molecule has 4 radical (unpaired) electrons. The van der Waals surface area contributed by atoms with Gasteiger partial charge in [0, 0.05) is 0 Å². The summed E-state index contributed by atoms with van der Waals surface area (Å²) in [5, 5.41) is 0. The Bertz CT molecular complexity index is 546. The summed E-state index contributed by atoms with van der Waals surface area (Å²) in [6.07, 6.45) is 0. The molecule has 0 fully saturated rings. The van der Waals surface area contributed by atoms with Crippen LogP contribution >= 0.6 is 0 Å². The molecule has 0 spiro atoms. The molecule has 0 heterocycles. The average Bonchev–Trinajstić information content (AvgIpc) is 2.49. The molecule has 0 aromatic heterocycles. The van der Waals surface area contributed by atoms with Crippen molar-refractivity contribution in [2.24, 2.45) is 0 Å². The summed E-state index contributed by atoms with van der Waals surface area (Å²) in [6, 6.07) is 18.6. The van der Waals surface area contributed by atoms with Crippen molar-refractivity contribution >= 4 is 21.2 Å². The summed E-state index contributed by atoms with van der Waals surface area (Å²) < 4.78 is 0. The zero-order chi connectivity index (χ0) is 18.1. The zero-order valence-corrected chi connectivity index (χ0v) is 15.9. The molecule has 2 aromatic rings. The minimum atomic E-state index is 0.204. The molecule has 0 unspecified atom stereocenters. The van der Waals surface area contributed by atoms with Gasteiger partial charge in [0.25, 0.3) is 0 Å². The predicted octanol–water partition coefficient (Wildman–Crippen LogP) is 4.97. The molecule has 23 heavy (non-hydrogen) atoms. The largest absolute Gasteiger partial charge is 0.113 e. The van der Waals surface area contributed by atoms with Crippen molar-refractivity contribution < 1.29 is 0 Å². The summed E-state index contributed by atoms with van der Waals surface area (Å²) in [7, 11) is 10.2. The molecule has 120 valence electrons. The normalized spacial score (nSPS) is 10.7. The molecular weight excluding hydrogens is 274 g/mol. The summed E-state index contributed by atoms with van der Waals surface area (Å²) >= 11 is 0. The third kappa shape index (κ3) is 8.69. The quantitative estimate of drug-likeness (QED) is 0.603. The first-order valence-corrected chi connectivity index (χ1v) is 8.10. The second-order valence-electron chi connectivity index (χ2n) is 7.49. The van der Waals surface area contributed by atoms with Crippen molar-refractivity contribution in [3.8, 4) is 0 Å². The lowest BCUT2D eigenvalue weighted by molar-refractivity contribution is 0.590. The van der Waals surface area contributed by atoms with Crippen molar-refractivity contribution in [2.75, 3.05) is 0 Å². The van der Waals surface area contributed by atoms with E-state index in [0.29, 0.717) is 5.41 Å². The highest BCUT2D eigenvalue weighted by atomic mass is 14.2. The topological polar surface area (TPSA) is 0 Å². The molecule has 0 saturated heterocycles. The molecule has 2 aromatic carbocycles. The fourth-order valence-corrected chi connectivity index (χ4v) is 1.94. The van der Waals surface area contributed by atoms with E-state index in [-0.39, 0.29) is 5.41 Å². The van der Waals surface area contributed by atoms with E-state index in [2.05, 4.69) is 85.8 Å². The Hall–Kier alpha value is -1.43. The van der Waals surface area contributed by atoms with Gasteiger partial charge in [-0.05, 0) is 22.0 Å². The van der Waals surface area contributed by atoms with Crippen LogP contribution in [-0.4, -0.2) is 15.7 Å². The first-order valence-electron chi connectivity index (χ1n) is 8.10. The van der Waals surface area contributed by atoms with Crippen LogP contribution in [0.2, 0.25) is 6.82 Å². The first-order chi connectivity index (χ1) is 10.6. The van der Waals surface area contributed by atoms with Crippen molar-refractivity contribution in [1.29, 1.82) is 0 Å². The van der Waals surface area contributed by atoms with Gasteiger partial charge in [-0.1, -0.05) is 108 Å².